The number of rotatable bonds is 5. The van der Waals surface area contributed by atoms with Crippen molar-refractivity contribution in [2.75, 3.05) is 42.5 Å². The number of nitrogens with one attached hydrogen (secondary N) is 1. The van der Waals surface area contributed by atoms with Crippen molar-refractivity contribution < 1.29 is 15.3 Å². The Balaban J connectivity index is 0.912. The number of phenolic OH excluding ortho intramolecular Hbond substituents is 1. The number of fused-ring (bicyclic) bond motifs is 3. The molecule has 236 valence electrons. The van der Waals surface area contributed by atoms with Crippen LogP contribution < -0.4 is 9.80 Å². The van der Waals surface area contributed by atoms with Crippen LogP contribution in [0, 0.1) is 11.3 Å². The molecule has 3 fully saturated rings. The molecular formula is C34H42N8O3. The maximum atomic E-state index is 10.4. The number of piperazine rings is 1. The molecule has 1 saturated heterocycles. The smallest absolute Gasteiger partial charge is 0.225 e. The van der Waals surface area contributed by atoms with Crippen LogP contribution in [0.3, 0.4) is 0 Å². The molecule has 4 aliphatic rings. The van der Waals surface area contributed by atoms with Gasteiger partial charge in [0, 0.05) is 73.3 Å². The molecule has 2 aliphatic carbocycles. The molecule has 1 spiro atoms. The van der Waals surface area contributed by atoms with Crippen molar-refractivity contribution in [1.82, 2.24) is 30.0 Å². The highest BCUT2D eigenvalue weighted by Crippen LogP contribution is 2.56. The first-order valence-electron chi connectivity index (χ1n) is 16.5. The van der Waals surface area contributed by atoms with E-state index in [-0.39, 0.29) is 17.7 Å². The van der Waals surface area contributed by atoms with Crippen LogP contribution in [0.1, 0.15) is 62.7 Å². The Bertz CT molecular complexity index is 1670. The molecular weight excluding hydrogens is 568 g/mol. The van der Waals surface area contributed by atoms with Crippen LogP contribution in [0.4, 0.5) is 11.6 Å². The first-order chi connectivity index (χ1) is 21.9. The zero-order valence-electron chi connectivity index (χ0n) is 25.8. The van der Waals surface area contributed by atoms with Crippen molar-refractivity contribution in [2.24, 2.45) is 11.3 Å². The van der Waals surface area contributed by atoms with Gasteiger partial charge in [0.05, 0.1) is 29.8 Å². The summed E-state index contributed by atoms with van der Waals surface area (Å²) >= 11 is 0. The Morgan fingerprint density at radius 1 is 0.956 bits per heavy atom. The lowest BCUT2D eigenvalue weighted by atomic mass is 9.55. The number of anilines is 2. The van der Waals surface area contributed by atoms with Gasteiger partial charge in [-0.3, -0.25) is 4.90 Å². The van der Waals surface area contributed by atoms with Crippen LogP contribution in [-0.2, 0) is 6.42 Å². The minimum Gasteiger partial charge on any atom is -0.507 e. The highest BCUT2D eigenvalue weighted by Gasteiger charge is 2.48. The molecule has 11 nitrogen and oxygen atoms in total. The molecule has 2 aliphatic heterocycles. The number of aromatic hydroxyl groups is 1. The van der Waals surface area contributed by atoms with Crippen LogP contribution >= 0.6 is 0 Å². The molecule has 4 aromatic rings. The van der Waals surface area contributed by atoms with E-state index in [0.29, 0.717) is 22.7 Å². The largest absolute Gasteiger partial charge is 0.507 e. The Labute approximate surface area is 262 Å². The van der Waals surface area contributed by atoms with Crippen molar-refractivity contribution in [2.45, 2.75) is 70.2 Å². The molecule has 1 atom stereocenters. The van der Waals surface area contributed by atoms with Crippen LogP contribution in [-0.4, -0.2) is 90.4 Å². The Morgan fingerprint density at radius 3 is 2.40 bits per heavy atom. The fourth-order valence-electron chi connectivity index (χ4n) is 8.64. The molecule has 11 heteroatoms. The molecule has 0 unspecified atom stereocenters. The first-order valence-corrected chi connectivity index (χ1v) is 16.5. The summed E-state index contributed by atoms with van der Waals surface area (Å²) in [5, 5.41) is 39.2. The maximum absolute atomic E-state index is 10.4. The summed E-state index contributed by atoms with van der Waals surface area (Å²) < 4.78 is 0. The molecule has 3 aromatic heterocycles. The van der Waals surface area contributed by atoms with Crippen LogP contribution in [0.25, 0.3) is 22.3 Å². The average Bonchev–Trinajstić information content (AvgIpc) is 3.43. The van der Waals surface area contributed by atoms with Gasteiger partial charge in [-0.25, -0.2) is 9.97 Å². The normalized spacial score (nSPS) is 27.2. The topological polar surface area (TPSA) is 138 Å². The molecule has 8 rings (SSSR count). The average molecular weight is 611 g/mol. The van der Waals surface area contributed by atoms with E-state index in [9.17, 15) is 15.3 Å². The number of aliphatic hydroxyl groups excluding tert-OH is 1. The van der Waals surface area contributed by atoms with Gasteiger partial charge < -0.3 is 30.1 Å². The predicted octanol–water partition coefficient (Wildman–Crippen LogP) is 4.02. The van der Waals surface area contributed by atoms with Crippen molar-refractivity contribution >= 4 is 22.7 Å². The number of hydrogen-bond acceptors (Lipinski definition) is 10. The number of aliphatic hydroxyl groups is 2. The summed E-state index contributed by atoms with van der Waals surface area (Å²) in [6.07, 6.45) is 10.5. The highest BCUT2D eigenvalue weighted by molar-refractivity contribution is 5.86. The van der Waals surface area contributed by atoms with Gasteiger partial charge in [0.1, 0.15) is 5.75 Å². The number of para-hydroxylation sites is 1. The zero-order valence-corrected chi connectivity index (χ0v) is 25.8. The lowest BCUT2D eigenvalue weighted by Crippen LogP contribution is -2.53. The standard InChI is InChI=1S/C34H42N8O3/c1-21-30-26-16-28(25-4-2-3-5-29(25)43)38-39-31(26)37-27(30)8-11-42(21)33-35-19-24(20-36-33)41-14-12-40(13-15-41)23-6-9-34(10-7-23)17-22(18-34)32(44)45/h2-5,16,19-23,32,43-45H,6-15,17-18H2,1H3,(H,37,39)/t21-,22?,23?,34?/m1/s1. The minimum atomic E-state index is -1.14. The fourth-order valence-corrected chi connectivity index (χ4v) is 8.64. The summed E-state index contributed by atoms with van der Waals surface area (Å²) in [6, 6.07) is 9.93. The van der Waals surface area contributed by atoms with Crippen LogP contribution in [0.15, 0.2) is 42.7 Å². The summed E-state index contributed by atoms with van der Waals surface area (Å²) in [4.78, 5) is 20.5. The lowest BCUT2D eigenvalue weighted by Gasteiger charge is -2.53. The molecule has 4 N–H and O–H groups in total. The highest BCUT2D eigenvalue weighted by atomic mass is 16.5. The van der Waals surface area contributed by atoms with Gasteiger partial charge >= 0.3 is 0 Å². The third kappa shape index (κ3) is 5.10. The van der Waals surface area contributed by atoms with Crippen LogP contribution in [0.5, 0.6) is 5.75 Å². The second-order valence-electron chi connectivity index (χ2n) is 13.7. The third-order valence-electron chi connectivity index (χ3n) is 11.3. The van der Waals surface area contributed by atoms with E-state index in [4.69, 9.17) is 9.97 Å². The number of H-pyrrole nitrogens is 1. The van der Waals surface area contributed by atoms with Crippen molar-refractivity contribution in [3.63, 3.8) is 0 Å². The molecule has 0 amide bonds. The zero-order chi connectivity index (χ0) is 30.7. The first kappa shape index (κ1) is 28.7. The summed E-state index contributed by atoms with van der Waals surface area (Å²) in [7, 11) is 0. The number of nitrogens with zero attached hydrogens (tertiary/aromatic N) is 7. The summed E-state index contributed by atoms with van der Waals surface area (Å²) in [6.45, 7) is 7.05. The molecule has 2 saturated carbocycles. The van der Waals surface area contributed by atoms with E-state index in [0.717, 1.165) is 74.7 Å². The van der Waals surface area contributed by atoms with E-state index < -0.39 is 6.29 Å². The maximum Gasteiger partial charge on any atom is 0.225 e. The third-order valence-corrected chi connectivity index (χ3v) is 11.3. The molecule has 5 heterocycles. The molecule has 45 heavy (non-hydrogen) atoms. The van der Waals surface area contributed by atoms with Gasteiger partial charge in [-0.05, 0) is 69.1 Å². The monoisotopic (exact) mass is 610 g/mol. The molecule has 0 bridgehead atoms. The molecule has 1 aromatic carbocycles. The van der Waals surface area contributed by atoms with Gasteiger partial charge in [0.15, 0.2) is 11.9 Å². The van der Waals surface area contributed by atoms with Crippen molar-refractivity contribution in [3.8, 4) is 17.0 Å². The van der Waals surface area contributed by atoms with Crippen molar-refractivity contribution in [3.05, 3.63) is 54.0 Å². The van der Waals surface area contributed by atoms with Crippen molar-refractivity contribution in [1.29, 1.82) is 0 Å². The summed E-state index contributed by atoms with van der Waals surface area (Å²) in [5.41, 5.74) is 5.87. The predicted molar refractivity (Wildman–Crippen MR) is 172 cm³/mol. The second kappa shape index (κ2) is 11.2. The van der Waals surface area contributed by atoms with E-state index in [1.165, 1.54) is 36.9 Å². The Kier molecular flexibility index (Phi) is 7.15. The quantitative estimate of drug-likeness (QED) is 0.245. The minimum absolute atomic E-state index is 0.0486. The van der Waals surface area contributed by atoms with Gasteiger partial charge in [0.25, 0.3) is 0 Å². The number of hydrogen-bond donors (Lipinski definition) is 4. The van der Waals surface area contributed by atoms with Crippen LogP contribution in [0.2, 0.25) is 0 Å². The van der Waals surface area contributed by atoms with E-state index in [2.05, 4.69) is 36.8 Å². The Hall–Kier alpha value is -3.80. The number of aromatic nitrogens is 5. The van der Waals surface area contributed by atoms with Gasteiger partial charge in [-0.15, -0.1) is 10.2 Å². The number of phenols is 1. The van der Waals surface area contributed by atoms with E-state index >= 15 is 0 Å². The van der Waals surface area contributed by atoms with Gasteiger partial charge in [0.2, 0.25) is 5.95 Å². The van der Waals surface area contributed by atoms with Gasteiger partial charge in [-0.1, -0.05) is 12.1 Å². The fraction of sp³-hybridized carbons (Fsp3) is 0.529. The lowest BCUT2D eigenvalue weighted by molar-refractivity contribution is -0.154. The summed E-state index contributed by atoms with van der Waals surface area (Å²) in [5.74, 6) is 1.01. The number of benzene rings is 1. The Morgan fingerprint density at radius 2 is 1.69 bits per heavy atom. The second-order valence-corrected chi connectivity index (χ2v) is 13.7. The number of aromatic amines is 1. The van der Waals surface area contributed by atoms with E-state index in [1.807, 2.05) is 30.6 Å². The van der Waals surface area contributed by atoms with E-state index in [1.54, 1.807) is 12.1 Å². The van der Waals surface area contributed by atoms with Gasteiger partial charge in [-0.2, -0.15) is 0 Å². The molecule has 0 radical (unpaired) electrons. The SMILES string of the molecule is C[C@@H]1c2c([nH]c3nnc(-c4ccccc4O)cc23)CCN1c1ncc(N2CCN(C3CCC4(CC3)CC(C(O)O)C4)CC2)cn1.